The molecule has 3 rings (SSSR count). The lowest BCUT2D eigenvalue weighted by Gasteiger charge is -2.29. The molecule has 8 nitrogen and oxygen atoms in total. The van der Waals surface area contributed by atoms with E-state index in [1.165, 1.54) is 11.8 Å². The largest absolute Gasteiger partial charge is 0.482 e. The van der Waals surface area contributed by atoms with Crippen LogP contribution in [-0.4, -0.2) is 75.0 Å². The number of fused-ring (bicyclic) bond motifs is 1. The molecule has 0 saturated carbocycles. The predicted molar refractivity (Wildman–Crippen MR) is 99.2 cm³/mol. The van der Waals surface area contributed by atoms with Crippen LogP contribution in [0.4, 0.5) is 5.69 Å². The van der Waals surface area contributed by atoms with Gasteiger partial charge in [0.05, 0.1) is 18.9 Å². The monoisotopic (exact) mass is 375 g/mol. The van der Waals surface area contributed by atoms with Crippen molar-refractivity contribution in [3.8, 4) is 5.75 Å². The van der Waals surface area contributed by atoms with E-state index in [-0.39, 0.29) is 37.2 Å². The van der Waals surface area contributed by atoms with Gasteiger partial charge in [0, 0.05) is 44.7 Å². The quantitative estimate of drug-likeness (QED) is 0.697. The third-order valence-corrected chi connectivity index (χ3v) is 4.72. The number of ether oxygens (including phenoxy) is 2. The van der Waals surface area contributed by atoms with Crippen molar-refractivity contribution in [1.29, 1.82) is 0 Å². The van der Waals surface area contributed by atoms with Crippen molar-refractivity contribution in [3.63, 3.8) is 0 Å². The van der Waals surface area contributed by atoms with E-state index < -0.39 is 0 Å². The molecule has 1 fully saturated rings. The molecule has 27 heavy (non-hydrogen) atoms. The molecule has 1 N–H and O–H groups in total. The molecule has 0 aromatic heterocycles. The number of Topliss-reactive ketones (excluding diaryl/α,β-unsaturated/α-hetero) is 1. The molecule has 146 valence electrons. The number of hydrogen-bond acceptors (Lipinski definition) is 6. The van der Waals surface area contributed by atoms with E-state index in [2.05, 4.69) is 10.2 Å². The zero-order chi connectivity index (χ0) is 19.2. The molecule has 0 atom stereocenters. The van der Waals surface area contributed by atoms with Gasteiger partial charge in [-0.3, -0.25) is 19.3 Å². The Bertz CT molecular complexity index is 715. The normalized spacial score (nSPS) is 17.2. The summed E-state index contributed by atoms with van der Waals surface area (Å²) in [5.74, 6) is 0.139. The van der Waals surface area contributed by atoms with E-state index in [4.69, 9.17) is 9.47 Å². The maximum absolute atomic E-state index is 12.2. The summed E-state index contributed by atoms with van der Waals surface area (Å²) in [5.41, 5.74) is 1.05. The Labute approximate surface area is 158 Å². The molecule has 0 unspecified atom stereocenters. The van der Waals surface area contributed by atoms with Crippen LogP contribution in [0.15, 0.2) is 18.2 Å². The minimum Gasteiger partial charge on any atom is -0.482 e. The molecular weight excluding hydrogens is 350 g/mol. The lowest BCUT2D eigenvalue weighted by Crippen LogP contribution is -2.43. The summed E-state index contributed by atoms with van der Waals surface area (Å²) in [6.45, 7) is 6.24. The number of amides is 2. The van der Waals surface area contributed by atoms with Gasteiger partial charge in [0.1, 0.15) is 5.75 Å². The Kier molecular flexibility index (Phi) is 6.41. The second-order valence-corrected chi connectivity index (χ2v) is 6.63. The number of benzene rings is 1. The molecule has 2 aliphatic rings. The summed E-state index contributed by atoms with van der Waals surface area (Å²) in [5, 5.41) is 2.89. The second-order valence-electron chi connectivity index (χ2n) is 6.63. The Morgan fingerprint density at radius 2 is 1.96 bits per heavy atom. The van der Waals surface area contributed by atoms with Crippen LogP contribution < -0.4 is 15.0 Å². The number of nitrogens with one attached hydrogen (secondary N) is 1. The standard InChI is InChI=1S/C19H25N3O5/c1-14(23)15-2-3-17-16(12-15)22(19(25)13-27-17)6-4-18(24)20-5-7-21-8-10-26-11-9-21/h2-3,12H,4-11,13H2,1H3,(H,20,24). The number of nitrogens with zero attached hydrogens (tertiary/aromatic N) is 2. The van der Waals surface area contributed by atoms with Gasteiger partial charge in [0.25, 0.3) is 5.91 Å². The summed E-state index contributed by atoms with van der Waals surface area (Å²) in [4.78, 5) is 39.8. The number of rotatable bonds is 7. The first-order valence-electron chi connectivity index (χ1n) is 9.19. The lowest BCUT2D eigenvalue weighted by molar-refractivity contribution is -0.122. The summed E-state index contributed by atoms with van der Waals surface area (Å²) in [6, 6.07) is 5.01. The van der Waals surface area contributed by atoms with E-state index in [0.29, 0.717) is 23.5 Å². The highest BCUT2D eigenvalue weighted by molar-refractivity contribution is 6.01. The smallest absolute Gasteiger partial charge is 0.265 e. The fraction of sp³-hybridized carbons (Fsp3) is 0.526. The van der Waals surface area contributed by atoms with Gasteiger partial charge < -0.3 is 19.7 Å². The predicted octanol–water partition coefficient (Wildman–Crippen LogP) is 0.453. The van der Waals surface area contributed by atoms with Crippen molar-refractivity contribution in [2.75, 3.05) is 57.4 Å². The molecule has 0 radical (unpaired) electrons. The number of hydrogen-bond donors (Lipinski definition) is 1. The van der Waals surface area contributed by atoms with E-state index in [0.717, 1.165) is 32.8 Å². The first-order valence-corrected chi connectivity index (χ1v) is 9.19. The van der Waals surface area contributed by atoms with Crippen LogP contribution >= 0.6 is 0 Å². The van der Waals surface area contributed by atoms with E-state index in [1.54, 1.807) is 18.2 Å². The van der Waals surface area contributed by atoms with Gasteiger partial charge in [0.15, 0.2) is 12.4 Å². The summed E-state index contributed by atoms with van der Waals surface area (Å²) >= 11 is 0. The maximum atomic E-state index is 12.2. The number of carbonyl (C=O) groups is 3. The van der Waals surface area contributed by atoms with Crippen molar-refractivity contribution in [2.24, 2.45) is 0 Å². The lowest BCUT2D eigenvalue weighted by atomic mass is 10.1. The molecule has 0 spiro atoms. The minimum absolute atomic E-state index is 0.0644. The third kappa shape index (κ3) is 5.05. The molecular formula is C19H25N3O5. The van der Waals surface area contributed by atoms with Gasteiger partial charge in [-0.15, -0.1) is 0 Å². The van der Waals surface area contributed by atoms with Gasteiger partial charge in [0.2, 0.25) is 5.91 Å². The van der Waals surface area contributed by atoms with Crippen molar-refractivity contribution in [1.82, 2.24) is 10.2 Å². The van der Waals surface area contributed by atoms with Gasteiger partial charge in [-0.25, -0.2) is 0 Å². The Morgan fingerprint density at radius 1 is 1.19 bits per heavy atom. The highest BCUT2D eigenvalue weighted by atomic mass is 16.5. The molecule has 1 saturated heterocycles. The first-order chi connectivity index (χ1) is 13.0. The number of carbonyl (C=O) groups excluding carboxylic acids is 3. The first kappa shape index (κ1) is 19.3. The molecule has 2 amide bonds. The van der Waals surface area contributed by atoms with Crippen LogP contribution in [0.25, 0.3) is 0 Å². The molecule has 0 bridgehead atoms. The summed E-state index contributed by atoms with van der Waals surface area (Å²) in [7, 11) is 0. The molecule has 1 aromatic rings. The van der Waals surface area contributed by atoms with Crippen LogP contribution in [0.3, 0.4) is 0 Å². The Hall–Kier alpha value is -2.45. The number of anilines is 1. The van der Waals surface area contributed by atoms with Crippen LogP contribution in [0.2, 0.25) is 0 Å². The third-order valence-electron chi connectivity index (χ3n) is 4.72. The molecule has 2 heterocycles. The molecule has 8 heteroatoms. The number of morpholine rings is 1. The fourth-order valence-corrected chi connectivity index (χ4v) is 3.15. The SMILES string of the molecule is CC(=O)c1ccc2c(c1)N(CCC(=O)NCCN1CCOCC1)C(=O)CO2. The van der Waals surface area contributed by atoms with Crippen LogP contribution in [0.1, 0.15) is 23.7 Å². The van der Waals surface area contributed by atoms with Gasteiger partial charge in [-0.2, -0.15) is 0 Å². The zero-order valence-electron chi connectivity index (χ0n) is 15.5. The molecule has 2 aliphatic heterocycles. The minimum atomic E-state index is -0.218. The van der Waals surface area contributed by atoms with Gasteiger partial charge in [-0.05, 0) is 25.1 Å². The van der Waals surface area contributed by atoms with E-state index in [1.807, 2.05) is 0 Å². The maximum Gasteiger partial charge on any atom is 0.265 e. The van der Waals surface area contributed by atoms with Crippen molar-refractivity contribution in [3.05, 3.63) is 23.8 Å². The van der Waals surface area contributed by atoms with Gasteiger partial charge >= 0.3 is 0 Å². The van der Waals surface area contributed by atoms with Crippen molar-refractivity contribution >= 4 is 23.3 Å². The van der Waals surface area contributed by atoms with E-state index >= 15 is 0 Å². The van der Waals surface area contributed by atoms with E-state index in [9.17, 15) is 14.4 Å². The van der Waals surface area contributed by atoms with Crippen molar-refractivity contribution < 1.29 is 23.9 Å². The zero-order valence-corrected chi connectivity index (χ0v) is 15.5. The topological polar surface area (TPSA) is 88.2 Å². The van der Waals surface area contributed by atoms with Gasteiger partial charge in [-0.1, -0.05) is 0 Å². The number of ketones is 1. The molecule has 1 aromatic carbocycles. The van der Waals surface area contributed by atoms with Crippen molar-refractivity contribution in [2.45, 2.75) is 13.3 Å². The molecule has 0 aliphatic carbocycles. The Morgan fingerprint density at radius 3 is 2.70 bits per heavy atom. The average Bonchev–Trinajstić information content (AvgIpc) is 2.67. The Balaban J connectivity index is 1.52. The highest BCUT2D eigenvalue weighted by Crippen LogP contribution is 2.33. The fourth-order valence-electron chi connectivity index (χ4n) is 3.15. The second kappa shape index (κ2) is 8.96. The average molecular weight is 375 g/mol. The van der Waals surface area contributed by atoms with Crippen LogP contribution in [-0.2, 0) is 14.3 Å². The van der Waals surface area contributed by atoms with Crippen LogP contribution in [0.5, 0.6) is 5.75 Å². The van der Waals surface area contributed by atoms with Crippen LogP contribution in [0, 0.1) is 0 Å². The summed E-state index contributed by atoms with van der Waals surface area (Å²) < 4.78 is 10.7. The summed E-state index contributed by atoms with van der Waals surface area (Å²) in [6.07, 6.45) is 0.193. The highest BCUT2D eigenvalue weighted by Gasteiger charge is 2.26.